The molecule has 7 heavy (non-hydrogen) atoms. The lowest BCUT2D eigenvalue weighted by molar-refractivity contribution is 0.269. The van der Waals surface area contributed by atoms with Crippen molar-refractivity contribution in [1.82, 2.24) is 0 Å². The van der Waals surface area contributed by atoms with Crippen molar-refractivity contribution in [2.24, 2.45) is 0 Å². The van der Waals surface area contributed by atoms with E-state index in [9.17, 15) is 4.39 Å². The molecule has 1 heteroatoms. The standard InChI is InChI=1S/C6H11F/c1-5(2)6(3,4)7/h1H2,2-4H3. The highest BCUT2D eigenvalue weighted by molar-refractivity contribution is 5.04. The molecule has 0 radical (unpaired) electrons. The van der Waals surface area contributed by atoms with Crippen LogP contribution in [0.5, 0.6) is 0 Å². The van der Waals surface area contributed by atoms with E-state index in [1.54, 1.807) is 6.92 Å². The second-order valence-electron chi connectivity index (χ2n) is 2.25. The van der Waals surface area contributed by atoms with Crippen molar-refractivity contribution in [1.29, 1.82) is 0 Å². The van der Waals surface area contributed by atoms with Crippen LogP contribution in [0.1, 0.15) is 20.8 Å². The molecule has 0 rings (SSSR count). The van der Waals surface area contributed by atoms with Gasteiger partial charge in [-0.3, -0.25) is 0 Å². The summed E-state index contributed by atoms with van der Waals surface area (Å²) in [5.41, 5.74) is -0.618. The summed E-state index contributed by atoms with van der Waals surface area (Å²) < 4.78 is 12.4. The van der Waals surface area contributed by atoms with E-state index in [0.717, 1.165) is 0 Å². The second-order valence-corrected chi connectivity index (χ2v) is 2.25. The highest BCUT2D eigenvalue weighted by Gasteiger charge is 2.14. The van der Waals surface area contributed by atoms with E-state index >= 15 is 0 Å². The Morgan fingerprint density at radius 3 is 1.71 bits per heavy atom. The Balaban J connectivity index is 3.79. The molecule has 0 aromatic carbocycles. The zero-order valence-electron chi connectivity index (χ0n) is 5.09. The van der Waals surface area contributed by atoms with Crippen LogP contribution in [-0.2, 0) is 0 Å². The molecule has 0 aromatic heterocycles. The molecule has 0 aliphatic rings. The fourth-order valence-electron chi connectivity index (χ4n) is 0. The van der Waals surface area contributed by atoms with Crippen LogP contribution >= 0.6 is 0 Å². The van der Waals surface area contributed by atoms with Gasteiger partial charge in [0, 0.05) is 0 Å². The average molecular weight is 102 g/mol. The summed E-state index contributed by atoms with van der Waals surface area (Å²) in [7, 11) is 0. The van der Waals surface area contributed by atoms with Crippen molar-refractivity contribution >= 4 is 0 Å². The summed E-state index contributed by atoms with van der Waals surface area (Å²) in [6, 6.07) is 0. The minimum absolute atomic E-state index is 0.576. The van der Waals surface area contributed by atoms with Crippen molar-refractivity contribution in [3.63, 3.8) is 0 Å². The van der Waals surface area contributed by atoms with E-state index in [4.69, 9.17) is 0 Å². The number of hydrogen-bond acceptors (Lipinski definition) is 0. The summed E-state index contributed by atoms with van der Waals surface area (Å²) in [5.74, 6) is 0. The van der Waals surface area contributed by atoms with Crippen LogP contribution in [-0.4, -0.2) is 5.67 Å². The summed E-state index contributed by atoms with van der Waals surface area (Å²) in [6.45, 7) is 8.12. The molecule has 0 bridgehead atoms. The molecule has 42 valence electrons. The zero-order valence-corrected chi connectivity index (χ0v) is 5.09. The monoisotopic (exact) mass is 102 g/mol. The number of allylic oxidation sites excluding steroid dienone is 1. The highest BCUT2D eigenvalue weighted by Crippen LogP contribution is 2.16. The molecule has 0 fully saturated rings. The summed E-state index contributed by atoms with van der Waals surface area (Å²) >= 11 is 0. The lowest BCUT2D eigenvalue weighted by Crippen LogP contribution is -2.11. The zero-order chi connectivity index (χ0) is 6.08. The first-order valence-electron chi connectivity index (χ1n) is 2.29. The molecule has 0 aliphatic heterocycles. The molecule has 0 unspecified atom stereocenters. The molecule has 0 saturated heterocycles. The van der Waals surface area contributed by atoms with Crippen LogP contribution in [0, 0.1) is 0 Å². The van der Waals surface area contributed by atoms with Gasteiger partial charge in [-0.15, -0.1) is 0 Å². The third-order valence-electron chi connectivity index (χ3n) is 1.01. The molecule has 0 heterocycles. The number of rotatable bonds is 1. The smallest absolute Gasteiger partial charge is 0.125 e. The van der Waals surface area contributed by atoms with E-state index in [-0.39, 0.29) is 0 Å². The van der Waals surface area contributed by atoms with Gasteiger partial charge < -0.3 is 0 Å². The predicted molar refractivity (Wildman–Crippen MR) is 30.0 cm³/mol. The summed E-state index contributed by atoms with van der Waals surface area (Å²) in [4.78, 5) is 0. The van der Waals surface area contributed by atoms with Crippen LogP contribution in [0.2, 0.25) is 0 Å². The minimum atomic E-state index is -1.19. The lowest BCUT2D eigenvalue weighted by atomic mass is 10.0. The summed E-state index contributed by atoms with van der Waals surface area (Å²) in [5, 5.41) is 0. The van der Waals surface area contributed by atoms with Crippen molar-refractivity contribution in [2.75, 3.05) is 0 Å². The first-order chi connectivity index (χ1) is 2.94. The van der Waals surface area contributed by atoms with Gasteiger partial charge in [0.1, 0.15) is 5.67 Å². The Morgan fingerprint density at radius 2 is 1.71 bits per heavy atom. The quantitative estimate of drug-likeness (QED) is 0.446. The van der Waals surface area contributed by atoms with E-state index in [0.29, 0.717) is 5.57 Å². The van der Waals surface area contributed by atoms with Gasteiger partial charge >= 0.3 is 0 Å². The molecule has 0 aromatic rings. The Bertz CT molecular complexity index is 76.7. The van der Waals surface area contributed by atoms with Gasteiger partial charge in [0.2, 0.25) is 0 Å². The lowest BCUT2D eigenvalue weighted by Gasteiger charge is -2.11. The Kier molecular flexibility index (Phi) is 1.57. The largest absolute Gasteiger partial charge is 0.240 e. The van der Waals surface area contributed by atoms with Gasteiger partial charge in [-0.2, -0.15) is 0 Å². The van der Waals surface area contributed by atoms with Gasteiger partial charge in [-0.05, 0) is 26.3 Å². The predicted octanol–water partition coefficient (Wildman–Crippen LogP) is 2.31. The van der Waals surface area contributed by atoms with E-state index in [1.165, 1.54) is 13.8 Å². The number of alkyl halides is 1. The summed E-state index contributed by atoms with van der Waals surface area (Å²) in [6.07, 6.45) is 0. The van der Waals surface area contributed by atoms with E-state index in [2.05, 4.69) is 6.58 Å². The van der Waals surface area contributed by atoms with Gasteiger partial charge in [-0.25, -0.2) is 4.39 Å². The van der Waals surface area contributed by atoms with Crippen molar-refractivity contribution in [3.8, 4) is 0 Å². The highest BCUT2D eigenvalue weighted by atomic mass is 19.1. The molecule has 0 aliphatic carbocycles. The normalized spacial score (nSPS) is 11.4. The molecular formula is C6H11F. The van der Waals surface area contributed by atoms with Crippen LogP contribution in [0.25, 0.3) is 0 Å². The van der Waals surface area contributed by atoms with Gasteiger partial charge in [0.05, 0.1) is 0 Å². The molecule has 0 amide bonds. The van der Waals surface area contributed by atoms with E-state index in [1.807, 2.05) is 0 Å². The maximum absolute atomic E-state index is 12.4. The first-order valence-corrected chi connectivity index (χ1v) is 2.29. The van der Waals surface area contributed by atoms with E-state index < -0.39 is 5.67 Å². The molecular weight excluding hydrogens is 91.1 g/mol. The van der Waals surface area contributed by atoms with Gasteiger partial charge in [0.15, 0.2) is 0 Å². The van der Waals surface area contributed by atoms with Crippen molar-refractivity contribution in [3.05, 3.63) is 12.2 Å². The molecule has 0 atom stereocenters. The van der Waals surface area contributed by atoms with Crippen LogP contribution in [0.15, 0.2) is 12.2 Å². The minimum Gasteiger partial charge on any atom is -0.240 e. The van der Waals surface area contributed by atoms with Crippen LogP contribution < -0.4 is 0 Å². The SMILES string of the molecule is C=C(C)C(C)(C)F. The topological polar surface area (TPSA) is 0 Å². The fraction of sp³-hybridized carbons (Fsp3) is 0.667. The van der Waals surface area contributed by atoms with Gasteiger partial charge in [0.25, 0.3) is 0 Å². The average Bonchev–Trinajstić information content (AvgIpc) is 1.31. The van der Waals surface area contributed by atoms with Gasteiger partial charge in [-0.1, -0.05) is 6.58 Å². The molecule has 0 N–H and O–H groups in total. The fourth-order valence-corrected chi connectivity index (χ4v) is 0. The van der Waals surface area contributed by atoms with Crippen molar-refractivity contribution in [2.45, 2.75) is 26.4 Å². The Morgan fingerprint density at radius 1 is 1.57 bits per heavy atom. The third-order valence-corrected chi connectivity index (χ3v) is 1.01. The van der Waals surface area contributed by atoms with Crippen LogP contribution in [0.3, 0.4) is 0 Å². The number of halogens is 1. The van der Waals surface area contributed by atoms with Crippen molar-refractivity contribution < 1.29 is 4.39 Å². The molecule has 0 saturated carbocycles. The first kappa shape index (κ1) is 6.67. The number of hydrogen-bond donors (Lipinski definition) is 0. The Labute approximate surface area is 44.0 Å². The molecule has 0 nitrogen and oxygen atoms in total. The molecule has 0 spiro atoms. The van der Waals surface area contributed by atoms with Crippen LogP contribution in [0.4, 0.5) is 4.39 Å². The Hall–Kier alpha value is -0.330. The maximum atomic E-state index is 12.4. The third kappa shape index (κ3) is 2.38. The second kappa shape index (κ2) is 1.65. The maximum Gasteiger partial charge on any atom is 0.125 e.